The maximum absolute atomic E-state index is 12.9. The Morgan fingerprint density at radius 3 is 2.62 bits per heavy atom. The first-order valence-corrected chi connectivity index (χ1v) is 9.18. The van der Waals surface area contributed by atoms with E-state index >= 15 is 0 Å². The lowest BCUT2D eigenvalue weighted by Crippen LogP contribution is -2.22. The Hall–Kier alpha value is -3.93. The standard InChI is InChI=1S/C23H17N3O3/c1-12-19(17-10-14(29-2)6-7-18(17)25-12)21-20(22(27)26-23(21)28)16-5-3-4-13-11-24-9-8-15(13)16/h3-11,25H,1-2H3,(H,26,27,28). The third-order valence-electron chi connectivity index (χ3n) is 5.32. The van der Waals surface area contributed by atoms with Crippen molar-refractivity contribution in [2.75, 3.05) is 7.11 Å². The van der Waals surface area contributed by atoms with E-state index < -0.39 is 11.8 Å². The predicted octanol–water partition coefficient (Wildman–Crippen LogP) is 3.60. The lowest BCUT2D eigenvalue weighted by atomic mass is 9.92. The number of nitrogens with zero attached hydrogens (tertiary/aromatic N) is 1. The van der Waals surface area contributed by atoms with Crippen molar-refractivity contribution in [2.24, 2.45) is 0 Å². The van der Waals surface area contributed by atoms with E-state index in [4.69, 9.17) is 4.74 Å². The number of H-pyrrole nitrogens is 1. The summed E-state index contributed by atoms with van der Waals surface area (Å²) in [4.78, 5) is 33.2. The molecule has 29 heavy (non-hydrogen) atoms. The zero-order valence-electron chi connectivity index (χ0n) is 15.9. The maximum atomic E-state index is 12.9. The number of pyridine rings is 1. The fraction of sp³-hybridized carbons (Fsp3) is 0.0870. The van der Waals surface area contributed by atoms with Crippen LogP contribution in [0, 0.1) is 6.92 Å². The molecule has 0 unspecified atom stereocenters. The van der Waals surface area contributed by atoms with E-state index in [1.165, 1.54) is 0 Å². The monoisotopic (exact) mass is 383 g/mol. The number of fused-ring (bicyclic) bond motifs is 2. The zero-order chi connectivity index (χ0) is 20.1. The van der Waals surface area contributed by atoms with Gasteiger partial charge in [-0.05, 0) is 42.1 Å². The van der Waals surface area contributed by atoms with Gasteiger partial charge in [0.25, 0.3) is 11.8 Å². The van der Waals surface area contributed by atoms with Gasteiger partial charge in [-0.2, -0.15) is 0 Å². The number of aromatic amines is 1. The SMILES string of the molecule is COc1ccc2[nH]c(C)c(C3=C(c4cccc5cnccc45)C(=O)NC3=O)c2c1. The van der Waals surface area contributed by atoms with Gasteiger partial charge in [-0.25, -0.2) is 0 Å². The second-order valence-electron chi connectivity index (χ2n) is 6.97. The summed E-state index contributed by atoms with van der Waals surface area (Å²) in [7, 11) is 1.60. The third-order valence-corrected chi connectivity index (χ3v) is 5.32. The largest absolute Gasteiger partial charge is 0.497 e. The summed E-state index contributed by atoms with van der Waals surface area (Å²) in [5.74, 6) is -0.116. The number of rotatable bonds is 3. The molecule has 0 atom stereocenters. The van der Waals surface area contributed by atoms with Crippen LogP contribution in [0.1, 0.15) is 16.8 Å². The van der Waals surface area contributed by atoms with Crippen LogP contribution in [-0.2, 0) is 9.59 Å². The highest BCUT2D eigenvalue weighted by Crippen LogP contribution is 2.39. The molecule has 142 valence electrons. The van der Waals surface area contributed by atoms with Crippen LogP contribution in [0.15, 0.2) is 54.9 Å². The Morgan fingerprint density at radius 1 is 0.966 bits per heavy atom. The Bertz CT molecular complexity index is 1360. The number of nitrogens with one attached hydrogen (secondary N) is 2. The van der Waals surface area contributed by atoms with Gasteiger partial charge in [0.15, 0.2) is 0 Å². The molecule has 2 amide bonds. The number of imide groups is 1. The minimum atomic E-state index is -0.400. The van der Waals surface area contributed by atoms with Gasteiger partial charge in [0, 0.05) is 39.9 Å². The number of benzene rings is 2. The molecular formula is C23H17N3O3. The molecule has 2 N–H and O–H groups in total. The number of hydrogen-bond donors (Lipinski definition) is 2. The van der Waals surface area contributed by atoms with Crippen molar-refractivity contribution < 1.29 is 14.3 Å². The molecule has 0 aliphatic carbocycles. The van der Waals surface area contributed by atoms with Crippen LogP contribution in [0.5, 0.6) is 5.75 Å². The van der Waals surface area contributed by atoms with Crippen LogP contribution in [0.4, 0.5) is 0 Å². The minimum absolute atomic E-state index is 0.372. The predicted molar refractivity (Wildman–Crippen MR) is 111 cm³/mol. The first-order valence-electron chi connectivity index (χ1n) is 9.18. The summed E-state index contributed by atoms with van der Waals surface area (Å²) >= 11 is 0. The normalized spacial score (nSPS) is 14.1. The summed E-state index contributed by atoms with van der Waals surface area (Å²) in [6.07, 6.45) is 3.43. The van der Waals surface area contributed by atoms with Crippen LogP contribution in [0.2, 0.25) is 0 Å². The van der Waals surface area contributed by atoms with Crippen LogP contribution in [0.3, 0.4) is 0 Å². The fourth-order valence-electron chi connectivity index (χ4n) is 4.05. The Balaban J connectivity index is 1.88. The van der Waals surface area contributed by atoms with E-state index in [1.54, 1.807) is 19.5 Å². The smallest absolute Gasteiger partial charge is 0.259 e. The van der Waals surface area contributed by atoms with Crippen LogP contribution in [-0.4, -0.2) is 28.9 Å². The highest BCUT2D eigenvalue weighted by atomic mass is 16.5. The first-order chi connectivity index (χ1) is 14.1. The number of methoxy groups -OCH3 is 1. The molecule has 0 saturated heterocycles. The third kappa shape index (κ3) is 2.53. The molecule has 2 aromatic heterocycles. The van der Waals surface area contributed by atoms with E-state index in [2.05, 4.69) is 15.3 Å². The van der Waals surface area contributed by atoms with E-state index in [9.17, 15) is 9.59 Å². The molecule has 0 radical (unpaired) electrons. The van der Waals surface area contributed by atoms with Crippen molar-refractivity contribution in [3.63, 3.8) is 0 Å². The topological polar surface area (TPSA) is 84.1 Å². The van der Waals surface area contributed by atoms with Gasteiger partial charge < -0.3 is 9.72 Å². The van der Waals surface area contributed by atoms with Crippen LogP contribution < -0.4 is 10.1 Å². The first kappa shape index (κ1) is 17.2. The molecule has 3 heterocycles. The summed E-state index contributed by atoms with van der Waals surface area (Å²) in [5, 5.41) is 5.08. The lowest BCUT2D eigenvalue weighted by Gasteiger charge is -2.09. The van der Waals surface area contributed by atoms with Crippen molar-refractivity contribution in [3.8, 4) is 5.75 Å². The Kier molecular flexibility index (Phi) is 3.74. The minimum Gasteiger partial charge on any atom is -0.497 e. The highest BCUT2D eigenvalue weighted by molar-refractivity contribution is 6.51. The number of amides is 2. The molecular weight excluding hydrogens is 366 g/mol. The summed E-state index contributed by atoms with van der Waals surface area (Å²) < 4.78 is 5.36. The zero-order valence-corrected chi connectivity index (χ0v) is 15.9. The quantitative estimate of drug-likeness (QED) is 0.530. The summed E-state index contributed by atoms with van der Waals surface area (Å²) in [5.41, 5.74) is 3.85. The fourth-order valence-corrected chi connectivity index (χ4v) is 4.05. The molecule has 5 rings (SSSR count). The number of aromatic nitrogens is 2. The number of hydrogen-bond acceptors (Lipinski definition) is 4. The number of carbonyl (C=O) groups is 2. The Morgan fingerprint density at radius 2 is 1.79 bits per heavy atom. The molecule has 2 aromatic carbocycles. The van der Waals surface area contributed by atoms with Gasteiger partial charge in [0.2, 0.25) is 0 Å². The Labute approximate surface area is 166 Å². The molecule has 6 nitrogen and oxygen atoms in total. The molecule has 1 aliphatic heterocycles. The second-order valence-corrected chi connectivity index (χ2v) is 6.97. The van der Waals surface area contributed by atoms with Crippen molar-refractivity contribution in [2.45, 2.75) is 6.92 Å². The van der Waals surface area contributed by atoms with Crippen molar-refractivity contribution >= 4 is 44.6 Å². The molecule has 0 bridgehead atoms. The van der Waals surface area contributed by atoms with Crippen molar-refractivity contribution in [1.82, 2.24) is 15.3 Å². The summed E-state index contributed by atoms with van der Waals surface area (Å²) in [6.45, 7) is 1.90. The van der Waals surface area contributed by atoms with Crippen LogP contribution >= 0.6 is 0 Å². The van der Waals surface area contributed by atoms with Gasteiger partial charge in [-0.3, -0.25) is 19.9 Å². The highest BCUT2D eigenvalue weighted by Gasteiger charge is 2.35. The van der Waals surface area contributed by atoms with Gasteiger partial charge in [-0.1, -0.05) is 18.2 Å². The molecule has 1 aliphatic rings. The van der Waals surface area contributed by atoms with E-state index in [-0.39, 0.29) is 0 Å². The molecule has 0 spiro atoms. The van der Waals surface area contributed by atoms with E-state index in [1.807, 2.05) is 49.4 Å². The molecule has 4 aromatic rings. The lowest BCUT2D eigenvalue weighted by molar-refractivity contribution is -0.122. The van der Waals surface area contributed by atoms with Gasteiger partial charge >= 0.3 is 0 Å². The average molecular weight is 383 g/mol. The van der Waals surface area contributed by atoms with Crippen LogP contribution in [0.25, 0.3) is 32.8 Å². The average Bonchev–Trinajstić information content (AvgIpc) is 3.20. The molecule has 0 fully saturated rings. The van der Waals surface area contributed by atoms with Gasteiger partial charge in [0.05, 0.1) is 18.3 Å². The summed E-state index contributed by atoms with van der Waals surface area (Å²) in [6, 6.07) is 13.2. The molecule has 0 saturated carbocycles. The second kappa shape index (κ2) is 6.31. The van der Waals surface area contributed by atoms with E-state index in [0.717, 1.165) is 27.4 Å². The maximum Gasteiger partial charge on any atom is 0.259 e. The van der Waals surface area contributed by atoms with E-state index in [0.29, 0.717) is 28.0 Å². The molecule has 6 heteroatoms. The number of aryl methyl sites for hydroxylation is 1. The van der Waals surface area contributed by atoms with Gasteiger partial charge in [-0.15, -0.1) is 0 Å². The van der Waals surface area contributed by atoms with Gasteiger partial charge in [0.1, 0.15) is 5.75 Å². The number of carbonyl (C=O) groups excluding carboxylic acids is 2. The number of ether oxygens (including phenoxy) is 1. The van der Waals surface area contributed by atoms with Crippen molar-refractivity contribution in [1.29, 1.82) is 0 Å². The van der Waals surface area contributed by atoms with Crippen molar-refractivity contribution in [3.05, 3.63) is 71.7 Å².